The summed E-state index contributed by atoms with van der Waals surface area (Å²) in [5, 5.41) is 6.22. The lowest BCUT2D eigenvalue weighted by Crippen LogP contribution is -2.16. The number of aryl methyl sites for hydroxylation is 1. The van der Waals surface area contributed by atoms with E-state index in [0.29, 0.717) is 23.2 Å². The van der Waals surface area contributed by atoms with E-state index in [1.165, 1.54) is 36.4 Å². The molecule has 1 heterocycles. The molecule has 3 aromatic rings. The molecule has 1 aromatic heterocycles. The summed E-state index contributed by atoms with van der Waals surface area (Å²) in [6.45, 7) is 1.83. The van der Waals surface area contributed by atoms with Gasteiger partial charge in [0, 0.05) is 11.6 Å². The predicted molar refractivity (Wildman–Crippen MR) is 96.9 cm³/mol. The van der Waals surface area contributed by atoms with Crippen LogP contribution in [0.1, 0.15) is 12.5 Å². The molecule has 0 saturated carbocycles. The normalized spacial score (nSPS) is 11.3. The van der Waals surface area contributed by atoms with E-state index < -0.39 is 15.8 Å². The van der Waals surface area contributed by atoms with Crippen LogP contribution in [0.2, 0.25) is 0 Å². The highest BCUT2D eigenvalue weighted by Crippen LogP contribution is 2.26. The molecule has 0 unspecified atom stereocenters. The second-order valence-corrected chi connectivity index (χ2v) is 7.22. The van der Waals surface area contributed by atoms with Gasteiger partial charge in [-0.1, -0.05) is 31.2 Å². The molecule has 0 aliphatic rings. The first kappa shape index (κ1) is 17.8. The number of aromatic nitrogens is 2. The van der Waals surface area contributed by atoms with Crippen LogP contribution >= 0.6 is 0 Å². The van der Waals surface area contributed by atoms with Crippen molar-refractivity contribution in [3.05, 3.63) is 76.3 Å². The first-order valence-electron chi connectivity index (χ1n) is 7.87. The Balaban J connectivity index is 2.07. The third-order valence-corrected chi connectivity index (χ3v) is 5.28. The van der Waals surface area contributed by atoms with Gasteiger partial charge in [0.25, 0.3) is 15.6 Å². The van der Waals surface area contributed by atoms with Gasteiger partial charge < -0.3 is 0 Å². The number of hydrogen-bond donors (Lipinski definition) is 2. The molecule has 0 amide bonds. The number of nitrogens with one attached hydrogen (secondary N) is 2. The van der Waals surface area contributed by atoms with Crippen molar-refractivity contribution in [3.8, 4) is 11.3 Å². The Kier molecular flexibility index (Phi) is 4.85. The number of sulfonamides is 1. The summed E-state index contributed by atoms with van der Waals surface area (Å²) in [5.41, 5.74) is 1.05. The smallest absolute Gasteiger partial charge is 0.264 e. The molecule has 0 atom stereocenters. The molecule has 0 bridgehead atoms. The average Bonchev–Trinajstić information content (AvgIpc) is 2.63. The topological polar surface area (TPSA) is 91.9 Å². The van der Waals surface area contributed by atoms with Crippen LogP contribution in [0.3, 0.4) is 0 Å². The molecule has 3 rings (SSSR count). The van der Waals surface area contributed by atoms with Gasteiger partial charge in [-0.2, -0.15) is 5.10 Å². The summed E-state index contributed by atoms with van der Waals surface area (Å²) in [6.07, 6.45) is 0.479. The Morgan fingerprint density at radius 3 is 2.54 bits per heavy atom. The molecular formula is C18H16FN3O3S. The van der Waals surface area contributed by atoms with E-state index in [9.17, 15) is 17.6 Å². The molecule has 0 radical (unpaired) electrons. The van der Waals surface area contributed by atoms with Gasteiger partial charge in [0.1, 0.15) is 5.82 Å². The number of aromatic amines is 1. The largest absolute Gasteiger partial charge is 0.277 e. The summed E-state index contributed by atoms with van der Waals surface area (Å²) in [5.74, 6) is -0.660. The highest BCUT2D eigenvalue weighted by atomic mass is 32.2. The Hall–Kier alpha value is -3.00. The number of para-hydroxylation sites is 1. The van der Waals surface area contributed by atoms with E-state index in [1.807, 2.05) is 6.92 Å². The second-order valence-electron chi connectivity index (χ2n) is 5.57. The van der Waals surface area contributed by atoms with E-state index >= 15 is 0 Å². The third-order valence-electron chi connectivity index (χ3n) is 3.83. The Labute approximate surface area is 149 Å². The maximum Gasteiger partial charge on any atom is 0.264 e. The van der Waals surface area contributed by atoms with Crippen molar-refractivity contribution in [2.24, 2.45) is 0 Å². The van der Waals surface area contributed by atoms with Gasteiger partial charge in [0.2, 0.25) is 0 Å². The van der Waals surface area contributed by atoms with Crippen LogP contribution in [-0.4, -0.2) is 18.6 Å². The average molecular weight is 373 g/mol. The number of H-pyrrole nitrogens is 1. The van der Waals surface area contributed by atoms with E-state index in [2.05, 4.69) is 14.9 Å². The van der Waals surface area contributed by atoms with Crippen molar-refractivity contribution in [1.29, 1.82) is 0 Å². The van der Waals surface area contributed by atoms with Gasteiger partial charge in [-0.25, -0.2) is 17.9 Å². The van der Waals surface area contributed by atoms with Crippen molar-refractivity contribution >= 4 is 15.7 Å². The Morgan fingerprint density at radius 2 is 1.88 bits per heavy atom. The predicted octanol–water partition coefficient (Wildman–Crippen LogP) is 2.94. The molecule has 2 aromatic carbocycles. The summed E-state index contributed by atoms with van der Waals surface area (Å²) in [6, 6.07) is 13.2. The highest BCUT2D eigenvalue weighted by Gasteiger charge is 2.20. The Bertz CT molecular complexity index is 1090. The van der Waals surface area contributed by atoms with Gasteiger partial charge in [-0.15, -0.1) is 0 Å². The number of anilines is 1. The van der Waals surface area contributed by atoms with Gasteiger partial charge in [-0.3, -0.25) is 9.52 Å². The molecular weight excluding hydrogens is 357 g/mol. The summed E-state index contributed by atoms with van der Waals surface area (Å²) < 4.78 is 41.7. The van der Waals surface area contributed by atoms with Crippen molar-refractivity contribution in [2.45, 2.75) is 18.2 Å². The van der Waals surface area contributed by atoms with Gasteiger partial charge >= 0.3 is 0 Å². The Morgan fingerprint density at radius 1 is 1.12 bits per heavy atom. The molecule has 0 spiro atoms. The molecule has 0 fully saturated rings. The lowest BCUT2D eigenvalue weighted by atomic mass is 10.1. The first-order valence-corrected chi connectivity index (χ1v) is 9.35. The quantitative estimate of drug-likeness (QED) is 0.719. The monoisotopic (exact) mass is 373 g/mol. The minimum Gasteiger partial charge on any atom is -0.277 e. The van der Waals surface area contributed by atoms with Crippen LogP contribution in [0.4, 0.5) is 10.1 Å². The number of nitrogens with zero attached hydrogens (tertiary/aromatic N) is 1. The zero-order chi connectivity index (χ0) is 18.7. The fourth-order valence-corrected chi connectivity index (χ4v) is 3.91. The van der Waals surface area contributed by atoms with E-state index in [1.54, 1.807) is 18.2 Å². The van der Waals surface area contributed by atoms with Crippen LogP contribution < -0.4 is 10.3 Å². The molecule has 8 heteroatoms. The molecule has 0 saturated heterocycles. The molecule has 0 aliphatic carbocycles. The fraction of sp³-hybridized carbons (Fsp3) is 0.111. The lowest BCUT2D eigenvalue weighted by molar-refractivity contribution is 0.597. The van der Waals surface area contributed by atoms with Crippen molar-refractivity contribution in [3.63, 3.8) is 0 Å². The second kappa shape index (κ2) is 7.09. The minimum absolute atomic E-state index is 0.0359. The van der Waals surface area contributed by atoms with Crippen LogP contribution in [0.5, 0.6) is 0 Å². The number of hydrogen-bond acceptors (Lipinski definition) is 4. The van der Waals surface area contributed by atoms with Gasteiger partial charge in [0.05, 0.1) is 16.3 Å². The SMILES string of the molecule is CCc1ccc(-c2ccc(=O)[nH]n2)cc1S(=O)(=O)Nc1ccccc1F. The van der Waals surface area contributed by atoms with Crippen LogP contribution in [0.25, 0.3) is 11.3 Å². The zero-order valence-corrected chi connectivity index (χ0v) is 14.7. The maximum atomic E-state index is 13.8. The van der Waals surface area contributed by atoms with E-state index in [0.717, 1.165) is 0 Å². The van der Waals surface area contributed by atoms with Crippen molar-refractivity contribution in [2.75, 3.05) is 4.72 Å². The fourth-order valence-electron chi connectivity index (χ4n) is 2.51. The van der Waals surface area contributed by atoms with Crippen LogP contribution in [-0.2, 0) is 16.4 Å². The third kappa shape index (κ3) is 3.65. The van der Waals surface area contributed by atoms with Crippen molar-refractivity contribution in [1.82, 2.24) is 10.2 Å². The minimum atomic E-state index is -4.01. The van der Waals surface area contributed by atoms with Crippen LogP contribution in [0.15, 0.2) is 64.3 Å². The molecule has 0 aliphatic heterocycles. The molecule has 26 heavy (non-hydrogen) atoms. The standard InChI is InChI=1S/C18H16FN3O3S/c1-2-12-7-8-13(15-9-10-18(23)21-20-15)11-17(12)26(24,25)22-16-6-4-3-5-14(16)19/h3-11,22H,2H2,1H3,(H,21,23). The number of benzene rings is 2. The highest BCUT2D eigenvalue weighted by molar-refractivity contribution is 7.92. The maximum absolute atomic E-state index is 13.8. The lowest BCUT2D eigenvalue weighted by Gasteiger charge is -2.13. The molecule has 2 N–H and O–H groups in total. The van der Waals surface area contributed by atoms with E-state index in [4.69, 9.17) is 0 Å². The van der Waals surface area contributed by atoms with Gasteiger partial charge in [0.15, 0.2) is 0 Å². The zero-order valence-electron chi connectivity index (χ0n) is 13.9. The first-order chi connectivity index (χ1) is 12.4. The van der Waals surface area contributed by atoms with Crippen molar-refractivity contribution < 1.29 is 12.8 Å². The summed E-state index contributed by atoms with van der Waals surface area (Å²) >= 11 is 0. The number of rotatable bonds is 5. The van der Waals surface area contributed by atoms with Gasteiger partial charge in [-0.05, 0) is 36.2 Å². The van der Waals surface area contributed by atoms with E-state index in [-0.39, 0.29) is 16.1 Å². The summed E-state index contributed by atoms with van der Waals surface area (Å²) in [4.78, 5) is 11.2. The van der Waals surface area contributed by atoms with Crippen LogP contribution in [0, 0.1) is 5.82 Å². The molecule has 134 valence electrons. The number of halogens is 1. The molecule has 6 nitrogen and oxygen atoms in total. The summed E-state index contributed by atoms with van der Waals surface area (Å²) in [7, 11) is -4.01.